The molecule has 3 nitrogen and oxygen atoms in total. The Hall–Kier alpha value is -0.990. The normalized spacial score (nSPS) is 17.9. The quantitative estimate of drug-likeness (QED) is 0.661. The number of carbonyl (C=O) groups is 1. The Balaban J connectivity index is 2.57. The lowest BCUT2D eigenvalue weighted by molar-refractivity contribution is -0.133. The van der Waals surface area contributed by atoms with Crippen LogP contribution < -0.4 is 0 Å². The molecule has 1 heterocycles. The summed E-state index contributed by atoms with van der Waals surface area (Å²) in [6, 6.07) is 0.280. The lowest BCUT2D eigenvalue weighted by Crippen LogP contribution is -2.50. The van der Waals surface area contributed by atoms with Crippen LogP contribution >= 0.6 is 0 Å². The molecule has 86 valence electrons. The molecule has 1 aliphatic heterocycles. The third-order valence-electron chi connectivity index (χ3n) is 2.91. The van der Waals surface area contributed by atoms with Gasteiger partial charge in [0, 0.05) is 25.7 Å². The smallest absolute Gasteiger partial charge is 0.269 e. The fraction of sp³-hybridized carbons (Fsp3) is 0.750. The number of nitrogens with zero attached hydrogens (tertiary/aromatic N) is 2. The van der Waals surface area contributed by atoms with Crippen LogP contribution in [0.15, 0.2) is 12.3 Å². The van der Waals surface area contributed by atoms with Crippen molar-refractivity contribution in [3.8, 4) is 0 Å². The van der Waals surface area contributed by atoms with Crippen molar-refractivity contribution in [1.29, 1.82) is 0 Å². The van der Waals surface area contributed by atoms with Crippen LogP contribution in [0.2, 0.25) is 0 Å². The first kappa shape index (κ1) is 12.1. The minimum absolute atomic E-state index is 0.104. The van der Waals surface area contributed by atoms with Gasteiger partial charge >= 0.3 is 0 Å². The van der Waals surface area contributed by atoms with E-state index in [1.54, 1.807) is 0 Å². The van der Waals surface area contributed by atoms with Crippen LogP contribution in [-0.2, 0) is 4.79 Å². The summed E-state index contributed by atoms with van der Waals surface area (Å²) in [6.07, 6.45) is 2.29. The van der Waals surface area contributed by atoms with Gasteiger partial charge in [-0.15, -0.1) is 0 Å². The van der Waals surface area contributed by atoms with Gasteiger partial charge in [-0.1, -0.05) is 19.9 Å². The molecule has 0 aromatic rings. The van der Waals surface area contributed by atoms with Crippen molar-refractivity contribution < 1.29 is 4.79 Å². The lowest BCUT2D eigenvalue weighted by atomic mass is 10.2. The second kappa shape index (κ2) is 5.19. The molecule has 1 amide bonds. The molecule has 0 aliphatic carbocycles. The number of rotatable bonds is 4. The zero-order valence-corrected chi connectivity index (χ0v) is 10.1. The van der Waals surface area contributed by atoms with E-state index in [0.29, 0.717) is 5.70 Å². The van der Waals surface area contributed by atoms with Gasteiger partial charge in [-0.2, -0.15) is 0 Å². The number of hydrogen-bond acceptors (Lipinski definition) is 2. The standard InChI is InChI=1S/C12H22N2O/c1-5-6-7-13-8-9-14(10(2)3)12(15)11(13)4/h10H,4-9H2,1-3H3. The SMILES string of the molecule is C=C1C(=O)N(C(C)C)CCN1CCCC. The summed E-state index contributed by atoms with van der Waals surface area (Å²) in [7, 11) is 0. The number of amides is 1. The van der Waals surface area contributed by atoms with Crippen LogP contribution in [0.25, 0.3) is 0 Å². The Morgan fingerprint density at radius 1 is 1.40 bits per heavy atom. The Kier molecular flexibility index (Phi) is 4.18. The number of carbonyl (C=O) groups excluding carboxylic acids is 1. The Bertz CT molecular complexity index is 248. The minimum atomic E-state index is 0.104. The van der Waals surface area contributed by atoms with Gasteiger partial charge in [0.15, 0.2) is 0 Å². The van der Waals surface area contributed by atoms with Crippen LogP contribution in [0, 0.1) is 0 Å². The maximum Gasteiger partial charge on any atom is 0.269 e. The molecule has 1 aliphatic rings. The van der Waals surface area contributed by atoms with Crippen LogP contribution in [0.1, 0.15) is 33.6 Å². The van der Waals surface area contributed by atoms with Crippen molar-refractivity contribution in [2.45, 2.75) is 39.7 Å². The third kappa shape index (κ3) is 2.74. The average Bonchev–Trinajstić information content (AvgIpc) is 2.20. The van der Waals surface area contributed by atoms with E-state index in [1.807, 2.05) is 18.7 Å². The molecule has 1 fully saturated rings. The van der Waals surface area contributed by atoms with Gasteiger partial charge in [0.1, 0.15) is 0 Å². The first-order valence-electron chi connectivity index (χ1n) is 5.82. The molecule has 3 heteroatoms. The van der Waals surface area contributed by atoms with E-state index in [4.69, 9.17) is 0 Å². The predicted octanol–water partition coefficient (Wildman–Crippen LogP) is 1.85. The largest absolute Gasteiger partial charge is 0.366 e. The number of hydrogen-bond donors (Lipinski definition) is 0. The second-order valence-electron chi connectivity index (χ2n) is 4.38. The fourth-order valence-electron chi connectivity index (χ4n) is 1.85. The van der Waals surface area contributed by atoms with E-state index in [9.17, 15) is 4.79 Å². The second-order valence-corrected chi connectivity index (χ2v) is 4.38. The number of unbranched alkanes of at least 4 members (excludes halogenated alkanes) is 1. The minimum Gasteiger partial charge on any atom is -0.366 e. The average molecular weight is 210 g/mol. The number of piperazine rings is 1. The molecule has 0 atom stereocenters. The Morgan fingerprint density at radius 2 is 2.07 bits per heavy atom. The maximum absolute atomic E-state index is 11.9. The van der Waals surface area contributed by atoms with Crippen molar-refractivity contribution in [2.75, 3.05) is 19.6 Å². The fourth-order valence-corrected chi connectivity index (χ4v) is 1.85. The summed E-state index contributed by atoms with van der Waals surface area (Å²) in [6.45, 7) is 12.9. The van der Waals surface area contributed by atoms with Crippen molar-refractivity contribution >= 4 is 5.91 Å². The molecule has 0 saturated carbocycles. The maximum atomic E-state index is 11.9. The van der Waals surface area contributed by atoms with Gasteiger partial charge in [-0.25, -0.2) is 0 Å². The summed E-state index contributed by atoms with van der Waals surface area (Å²) >= 11 is 0. The lowest BCUT2D eigenvalue weighted by Gasteiger charge is -2.39. The van der Waals surface area contributed by atoms with Crippen LogP contribution in [0.4, 0.5) is 0 Å². The Labute approximate surface area is 92.7 Å². The third-order valence-corrected chi connectivity index (χ3v) is 2.91. The van der Waals surface area contributed by atoms with Crippen LogP contribution in [0.3, 0.4) is 0 Å². The molecule has 15 heavy (non-hydrogen) atoms. The molecule has 1 rings (SSSR count). The van der Waals surface area contributed by atoms with Gasteiger partial charge in [0.05, 0.1) is 5.70 Å². The molecule has 0 spiro atoms. The summed E-state index contributed by atoms with van der Waals surface area (Å²) in [5.41, 5.74) is 0.670. The highest BCUT2D eigenvalue weighted by atomic mass is 16.2. The van der Waals surface area contributed by atoms with E-state index in [-0.39, 0.29) is 11.9 Å². The van der Waals surface area contributed by atoms with Gasteiger partial charge in [0.25, 0.3) is 5.91 Å². The highest BCUT2D eigenvalue weighted by Gasteiger charge is 2.28. The summed E-state index contributed by atoms with van der Waals surface area (Å²) in [5.74, 6) is 0.104. The Morgan fingerprint density at radius 3 is 2.60 bits per heavy atom. The van der Waals surface area contributed by atoms with Crippen molar-refractivity contribution in [2.24, 2.45) is 0 Å². The molecule has 0 radical (unpaired) electrons. The molecule has 1 saturated heterocycles. The predicted molar refractivity (Wildman–Crippen MR) is 62.5 cm³/mol. The molecule has 0 aromatic heterocycles. The van der Waals surface area contributed by atoms with E-state index in [2.05, 4.69) is 18.4 Å². The molecular formula is C12H22N2O. The topological polar surface area (TPSA) is 23.6 Å². The zero-order valence-electron chi connectivity index (χ0n) is 10.1. The summed E-state index contributed by atoms with van der Waals surface area (Å²) in [5, 5.41) is 0. The van der Waals surface area contributed by atoms with Crippen molar-refractivity contribution in [3.05, 3.63) is 12.3 Å². The highest BCUT2D eigenvalue weighted by molar-refractivity contribution is 5.93. The molecule has 0 N–H and O–H groups in total. The van der Waals surface area contributed by atoms with E-state index in [1.165, 1.54) is 0 Å². The highest BCUT2D eigenvalue weighted by Crippen LogP contribution is 2.16. The summed E-state index contributed by atoms with van der Waals surface area (Å²) < 4.78 is 0. The van der Waals surface area contributed by atoms with Gasteiger partial charge in [-0.05, 0) is 20.3 Å². The van der Waals surface area contributed by atoms with Crippen molar-refractivity contribution in [3.63, 3.8) is 0 Å². The first-order chi connectivity index (χ1) is 7.07. The van der Waals surface area contributed by atoms with Crippen molar-refractivity contribution in [1.82, 2.24) is 9.80 Å². The van der Waals surface area contributed by atoms with Crippen LogP contribution in [0.5, 0.6) is 0 Å². The molecule has 0 bridgehead atoms. The zero-order chi connectivity index (χ0) is 11.4. The first-order valence-corrected chi connectivity index (χ1v) is 5.82. The molecular weight excluding hydrogens is 188 g/mol. The van der Waals surface area contributed by atoms with Gasteiger partial charge in [0.2, 0.25) is 0 Å². The van der Waals surface area contributed by atoms with E-state index in [0.717, 1.165) is 32.5 Å². The van der Waals surface area contributed by atoms with Crippen LogP contribution in [-0.4, -0.2) is 41.4 Å². The molecule has 0 unspecified atom stereocenters. The monoisotopic (exact) mass is 210 g/mol. The van der Waals surface area contributed by atoms with Gasteiger partial charge in [-0.3, -0.25) is 4.79 Å². The van der Waals surface area contributed by atoms with E-state index >= 15 is 0 Å². The van der Waals surface area contributed by atoms with E-state index < -0.39 is 0 Å². The van der Waals surface area contributed by atoms with Gasteiger partial charge < -0.3 is 9.80 Å². The molecule has 0 aromatic carbocycles. The summed E-state index contributed by atoms with van der Waals surface area (Å²) in [4.78, 5) is 15.9.